The average Bonchev–Trinajstić information content (AvgIpc) is 2.67. The van der Waals surface area contributed by atoms with Crippen LogP contribution in [0.2, 0.25) is 5.02 Å². The molecule has 2 aromatic carbocycles. The second-order valence-electron chi connectivity index (χ2n) is 6.30. The summed E-state index contributed by atoms with van der Waals surface area (Å²) in [5.74, 6) is 1.92. The SMILES string of the molecule is COc1ccc(CCCNC(=O)COc2cc(C)c(Cl)c(C)c2)cc1OC. The minimum atomic E-state index is -0.146. The summed E-state index contributed by atoms with van der Waals surface area (Å²) in [6.45, 7) is 4.39. The maximum atomic E-state index is 11.9. The van der Waals surface area contributed by atoms with Crippen molar-refractivity contribution in [3.05, 3.63) is 52.0 Å². The first-order chi connectivity index (χ1) is 12.9. The zero-order valence-electron chi connectivity index (χ0n) is 16.2. The summed E-state index contributed by atoms with van der Waals surface area (Å²) in [6.07, 6.45) is 1.65. The zero-order valence-corrected chi connectivity index (χ0v) is 17.0. The zero-order chi connectivity index (χ0) is 19.8. The second-order valence-corrected chi connectivity index (χ2v) is 6.68. The van der Waals surface area contributed by atoms with Gasteiger partial charge in [-0.1, -0.05) is 17.7 Å². The summed E-state index contributed by atoms with van der Waals surface area (Å²) in [4.78, 5) is 11.9. The largest absolute Gasteiger partial charge is 0.493 e. The van der Waals surface area contributed by atoms with Gasteiger partial charge in [0.25, 0.3) is 5.91 Å². The molecule has 0 fully saturated rings. The van der Waals surface area contributed by atoms with E-state index in [1.165, 1.54) is 0 Å². The number of hydrogen-bond donors (Lipinski definition) is 1. The van der Waals surface area contributed by atoms with Crippen molar-refractivity contribution in [1.82, 2.24) is 5.32 Å². The van der Waals surface area contributed by atoms with Crippen LogP contribution in [0.4, 0.5) is 0 Å². The number of benzene rings is 2. The lowest BCUT2D eigenvalue weighted by Crippen LogP contribution is -2.29. The number of hydrogen-bond acceptors (Lipinski definition) is 4. The molecule has 6 heteroatoms. The number of carbonyl (C=O) groups excluding carboxylic acids is 1. The maximum absolute atomic E-state index is 11.9. The molecular formula is C21H26ClNO4. The molecule has 0 radical (unpaired) electrons. The van der Waals surface area contributed by atoms with Gasteiger partial charge in [-0.25, -0.2) is 0 Å². The summed E-state index contributed by atoms with van der Waals surface area (Å²) in [5.41, 5.74) is 2.99. The van der Waals surface area contributed by atoms with Crippen LogP contribution in [0.3, 0.4) is 0 Å². The monoisotopic (exact) mass is 391 g/mol. The third kappa shape index (κ3) is 6.07. The lowest BCUT2D eigenvalue weighted by molar-refractivity contribution is -0.123. The molecule has 2 rings (SSSR count). The van der Waals surface area contributed by atoms with Crippen LogP contribution in [-0.2, 0) is 11.2 Å². The van der Waals surface area contributed by atoms with Crippen LogP contribution < -0.4 is 19.5 Å². The Kier molecular flexibility index (Phi) is 7.80. The van der Waals surface area contributed by atoms with Gasteiger partial charge >= 0.3 is 0 Å². The van der Waals surface area contributed by atoms with E-state index in [1.807, 2.05) is 44.2 Å². The Morgan fingerprint density at radius 3 is 2.33 bits per heavy atom. The summed E-state index contributed by atoms with van der Waals surface area (Å²) in [7, 11) is 3.23. The first-order valence-corrected chi connectivity index (χ1v) is 9.19. The highest BCUT2D eigenvalue weighted by atomic mass is 35.5. The minimum Gasteiger partial charge on any atom is -0.493 e. The van der Waals surface area contributed by atoms with E-state index in [4.69, 9.17) is 25.8 Å². The molecule has 2 aromatic rings. The van der Waals surface area contributed by atoms with Crippen LogP contribution >= 0.6 is 11.6 Å². The number of amides is 1. The molecule has 146 valence electrons. The average molecular weight is 392 g/mol. The summed E-state index contributed by atoms with van der Waals surface area (Å²) in [6, 6.07) is 9.50. The van der Waals surface area contributed by atoms with E-state index in [1.54, 1.807) is 14.2 Å². The standard InChI is InChI=1S/C21H26ClNO4/c1-14-10-17(11-15(2)21(14)22)27-13-20(24)23-9-5-6-16-7-8-18(25-3)19(12-16)26-4/h7-8,10-12H,5-6,9,13H2,1-4H3,(H,23,24). The van der Waals surface area contributed by atoms with Gasteiger partial charge in [0.15, 0.2) is 18.1 Å². The molecule has 0 atom stereocenters. The van der Waals surface area contributed by atoms with E-state index in [2.05, 4.69) is 5.32 Å². The van der Waals surface area contributed by atoms with Gasteiger partial charge in [0, 0.05) is 11.6 Å². The number of halogens is 1. The van der Waals surface area contributed by atoms with Crippen molar-refractivity contribution in [1.29, 1.82) is 0 Å². The summed E-state index contributed by atoms with van der Waals surface area (Å²) < 4.78 is 16.1. The maximum Gasteiger partial charge on any atom is 0.257 e. The quantitative estimate of drug-likeness (QED) is 0.654. The third-order valence-corrected chi connectivity index (χ3v) is 4.79. The van der Waals surface area contributed by atoms with Gasteiger partial charge in [0.05, 0.1) is 14.2 Å². The highest BCUT2D eigenvalue weighted by Crippen LogP contribution is 2.28. The number of rotatable bonds is 9. The number of aryl methyl sites for hydroxylation is 3. The van der Waals surface area contributed by atoms with E-state index in [0.717, 1.165) is 34.6 Å². The van der Waals surface area contributed by atoms with Crippen LogP contribution in [0, 0.1) is 13.8 Å². The van der Waals surface area contributed by atoms with Crippen LogP contribution in [0.5, 0.6) is 17.2 Å². The van der Waals surface area contributed by atoms with E-state index >= 15 is 0 Å². The summed E-state index contributed by atoms with van der Waals surface area (Å²) in [5, 5.41) is 3.59. The molecular weight excluding hydrogens is 366 g/mol. The highest BCUT2D eigenvalue weighted by Gasteiger charge is 2.07. The number of ether oxygens (including phenoxy) is 3. The Morgan fingerprint density at radius 2 is 1.70 bits per heavy atom. The van der Waals surface area contributed by atoms with Crippen molar-refractivity contribution < 1.29 is 19.0 Å². The predicted octanol–water partition coefficient (Wildman–Crippen LogP) is 4.10. The highest BCUT2D eigenvalue weighted by molar-refractivity contribution is 6.32. The smallest absolute Gasteiger partial charge is 0.257 e. The molecule has 27 heavy (non-hydrogen) atoms. The summed E-state index contributed by atoms with van der Waals surface area (Å²) >= 11 is 6.13. The van der Waals surface area contributed by atoms with Crippen molar-refractivity contribution in [2.45, 2.75) is 26.7 Å². The topological polar surface area (TPSA) is 56.8 Å². The normalized spacial score (nSPS) is 10.4. The van der Waals surface area contributed by atoms with Crippen molar-refractivity contribution >= 4 is 17.5 Å². The van der Waals surface area contributed by atoms with E-state index in [0.29, 0.717) is 23.8 Å². The van der Waals surface area contributed by atoms with E-state index < -0.39 is 0 Å². The fourth-order valence-corrected chi connectivity index (χ4v) is 2.85. The van der Waals surface area contributed by atoms with Gasteiger partial charge in [-0.2, -0.15) is 0 Å². The van der Waals surface area contributed by atoms with E-state index in [-0.39, 0.29) is 12.5 Å². The third-order valence-electron chi connectivity index (χ3n) is 4.19. The predicted molar refractivity (Wildman–Crippen MR) is 107 cm³/mol. The number of methoxy groups -OCH3 is 2. The molecule has 0 aromatic heterocycles. The second kappa shape index (κ2) is 10.1. The van der Waals surface area contributed by atoms with Crippen molar-refractivity contribution in [2.75, 3.05) is 27.4 Å². The van der Waals surface area contributed by atoms with Crippen molar-refractivity contribution in [3.63, 3.8) is 0 Å². The number of carbonyl (C=O) groups is 1. The van der Waals surface area contributed by atoms with Crippen molar-refractivity contribution in [2.24, 2.45) is 0 Å². The molecule has 0 spiro atoms. The fourth-order valence-electron chi connectivity index (χ4n) is 2.75. The van der Waals surface area contributed by atoms with Gasteiger partial charge in [-0.3, -0.25) is 4.79 Å². The number of nitrogens with one attached hydrogen (secondary N) is 1. The lowest BCUT2D eigenvalue weighted by atomic mass is 10.1. The van der Waals surface area contributed by atoms with Crippen molar-refractivity contribution in [3.8, 4) is 17.2 Å². The van der Waals surface area contributed by atoms with Gasteiger partial charge in [-0.05, 0) is 67.6 Å². The Bertz CT molecular complexity index is 769. The lowest BCUT2D eigenvalue weighted by Gasteiger charge is -2.11. The molecule has 0 heterocycles. The fraction of sp³-hybridized carbons (Fsp3) is 0.381. The minimum absolute atomic E-state index is 0.0170. The molecule has 1 N–H and O–H groups in total. The molecule has 1 amide bonds. The molecule has 0 saturated carbocycles. The van der Waals surface area contributed by atoms with Gasteiger partial charge in [-0.15, -0.1) is 0 Å². The Morgan fingerprint density at radius 1 is 1.04 bits per heavy atom. The van der Waals surface area contributed by atoms with Crippen LogP contribution in [0.25, 0.3) is 0 Å². The van der Waals surface area contributed by atoms with Gasteiger partial charge in [0.1, 0.15) is 5.75 Å². The Balaban J connectivity index is 1.73. The first kappa shape index (κ1) is 20.9. The van der Waals surface area contributed by atoms with Crippen LogP contribution in [0.1, 0.15) is 23.1 Å². The molecule has 0 aliphatic rings. The van der Waals surface area contributed by atoms with E-state index in [9.17, 15) is 4.79 Å². The molecule has 0 unspecified atom stereocenters. The van der Waals surface area contributed by atoms with Gasteiger partial charge in [0.2, 0.25) is 0 Å². The molecule has 0 aliphatic heterocycles. The van der Waals surface area contributed by atoms with Crippen LogP contribution in [0.15, 0.2) is 30.3 Å². The van der Waals surface area contributed by atoms with Crippen LogP contribution in [-0.4, -0.2) is 33.3 Å². The molecule has 0 bridgehead atoms. The molecule has 0 aliphatic carbocycles. The molecule has 0 saturated heterocycles. The van der Waals surface area contributed by atoms with Gasteiger partial charge < -0.3 is 19.5 Å². The first-order valence-electron chi connectivity index (χ1n) is 8.81. The Labute approximate surface area is 165 Å². The molecule has 5 nitrogen and oxygen atoms in total. The Hall–Kier alpha value is -2.40.